The summed E-state index contributed by atoms with van der Waals surface area (Å²) in [6.07, 6.45) is 2.54. The van der Waals surface area contributed by atoms with Crippen molar-refractivity contribution in [3.63, 3.8) is 0 Å². The van der Waals surface area contributed by atoms with Crippen molar-refractivity contribution in [3.8, 4) is 11.5 Å². The van der Waals surface area contributed by atoms with Gasteiger partial charge in [-0.1, -0.05) is 25.1 Å². The number of anilines is 1. The molecule has 0 saturated carbocycles. The predicted octanol–water partition coefficient (Wildman–Crippen LogP) is 4.64. The summed E-state index contributed by atoms with van der Waals surface area (Å²) >= 11 is 0. The van der Waals surface area contributed by atoms with E-state index in [9.17, 15) is 9.59 Å². The number of ether oxygens (including phenoxy) is 1. The number of carbonyl (C=O) groups is 2. The topological polar surface area (TPSA) is 71.8 Å². The molecule has 6 nitrogen and oxygen atoms in total. The number of nitrogens with zero attached hydrogens (tertiary/aromatic N) is 1. The molecule has 6 heteroatoms. The molecule has 29 heavy (non-hydrogen) atoms. The molecule has 150 valence electrons. The van der Waals surface area contributed by atoms with Crippen molar-refractivity contribution in [2.75, 3.05) is 18.0 Å². The number of nitrogens with one attached hydrogen (secondary N) is 1. The lowest BCUT2D eigenvalue weighted by Gasteiger charge is -2.22. The fourth-order valence-corrected chi connectivity index (χ4v) is 2.79. The molecule has 0 unspecified atom stereocenters. The second-order valence-corrected chi connectivity index (χ2v) is 6.40. The molecule has 0 atom stereocenters. The van der Waals surface area contributed by atoms with Crippen molar-refractivity contribution in [3.05, 3.63) is 78.8 Å². The van der Waals surface area contributed by atoms with Crippen molar-refractivity contribution < 1.29 is 18.7 Å². The van der Waals surface area contributed by atoms with Crippen LogP contribution in [0.5, 0.6) is 11.5 Å². The van der Waals surface area contributed by atoms with E-state index in [4.69, 9.17) is 9.15 Å². The lowest BCUT2D eigenvalue weighted by atomic mass is 10.2. The smallest absolute Gasteiger partial charge is 0.293 e. The molecule has 0 aliphatic rings. The molecule has 0 aliphatic heterocycles. The maximum atomic E-state index is 12.9. The van der Waals surface area contributed by atoms with E-state index in [0.29, 0.717) is 31.7 Å². The van der Waals surface area contributed by atoms with E-state index in [-0.39, 0.29) is 17.6 Å². The third-order valence-electron chi connectivity index (χ3n) is 4.31. The lowest BCUT2D eigenvalue weighted by molar-refractivity contribution is -0.120. The molecule has 0 radical (unpaired) electrons. The van der Waals surface area contributed by atoms with E-state index < -0.39 is 0 Å². The molecule has 0 saturated heterocycles. The summed E-state index contributed by atoms with van der Waals surface area (Å²) in [5.74, 6) is 1.47. The molecule has 0 bridgehead atoms. The average Bonchev–Trinajstić information content (AvgIpc) is 3.30. The average molecular weight is 392 g/mol. The SMILES string of the molecule is CCC(=O)NCCCN(C(=O)c1ccco1)c1ccc(Oc2ccccc2)cc1. The molecule has 0 aliphatic carbocycles. The summed E-state index contributed by atoms with van der Waals surface area (Å²) in [5, 5.41) is 2.83. The fourth-order valence-electron chi connectivity index (χ4n) is 2.79. The quantitative estimate of drug-likeness (QED) is 0.539. The monoisotopic (exact) mass is 392 g/mol. The third kappa shape index (κ3) is 5.72. The molecule has 2 aromatic carbocycles. The van der Waals surface area contributed by atoms with Gasteiger partial charge in [-0.2, -0.15) is 0 Å². The molecule has 3 rings (SSSR count). The predicted molar refractivity (Wildman–Crippen MR) is 111 cm³/mol. The maximum absolute atomic E-state index is 12.9. The number of carbonyl (C=O) groups excluding carboxylic acids is 2. The van der Waals surface area contributed by atoms with E-state index in [1.54, 1.807) is 24.0 Å². The highest BCUT2D eigenvalue weighted by Crippen LogP contribution is 2.25. The molecule has 1 N–H and O–H groups in total. The van der Waals surface area contributed by atoms with Crippen LogP contribution in [0.15, 0.2) is 77.4 Å². The summed E-state index contributed by atoms with van der Waals surface area (Å²) in [7, 11) is 0. The van der Waals surface area contributed by atoms with E-state index in [2.05, 4.69) is 5.32 Å². The van der Waals surface area contributed by atoms with Gasteiger partial charge >= 0.3 is 0 Å². The molecule has 0 spiro atoms. The van der Waals surface area contributed by atoms with Crippen LogP contribution in [0.3, 0.4) is 0 Å². The molecule has 3 aromatic rings. The number of para-hydroxylation sites is 1. The fraction of sp³-hybridized carbons (Fsp3) is 0.217. The van der Waals surface area contributed by atoms with Gasteiger partial charge in [0.2, 0.25) is 5.91 Å². The Kier molecular flexibility index (Phi) is 7.05. The number of amides is 2. The summed E-state index contributed by atoms with van der Waals surface area (Å²) in [6, 6.07) is 20.1. The second-order valence-electron chi connectivity index (χ2n) is 6.40. The van der Waals surface area contributed by atoms with Crippen LogP contribution in [0.2, 0.25) is 0 Å². The molecular formula is C23H24N2O4. The van der Waals surface area contributed by atoms with Gasteiger partial charge in [-0.05, 0) is 55.0 Å². The van der Waals surface area contributed by atoms with Crippen LogP contribution in [0, 0.1) is 0 Å². The van der Waals surface area contributed by atoms with Gasteiger partial charge in [-0.25, -0.2) is 0 Å². The van der Waals surface area contributed by atoms with Gasteiger partial charge in [-0.15, -0.1) is 0 Å². The summed E-state index contributed by atoms with van der Waals surface area (Å²) < 4.78 is 11.1. The highest BCUT2D eigenvalue weighted by atomic mass is 16.5. The molecule has 1 heterocycles. The van der Waals surface area contributed by atoms with Crippen molar-refractivity contribution in [2.24, 2.45) is 0 Å². The number of rotatable bonds is 9. The van der Waals surface area contributed by atoms with Crippen molar-refractivity contribution in [2.45, 2.75) is 19.8 Å². The first-order valence-corrected chi connectivity index (χ1v) is 9.62. The van der Waals surface area contributed by atoms with Crippen molar-refractivity contribution in [1.82, 2.24) is 5.32 Å². The van der Waals surface area contributed by atoms with E-state index in [1.807, 2.05) is 54.6 Å². The number of furan rings is 1. The molecule has 2 amide bonds. The Bertz CT molecular complexity index is 906. The molecule has 1 aromatic heterocycles. The van der Waals surface area contributed by atoms with Crippen LogP contribution < -0.4 is 15.0 Å². The second kappa shape index (κ2) is 10.1. The highest BCUT2D eigenvalue weighted by molar-refractivity contribution is 6.04. The molecular weight excluding hydrogens is 368 g/mol. The first kappa shape index (κ1) is 20.2. The Morgan fingerprint density at radius 1 is 0.966 bits per heavy atom. The summed E-state index contributed by atoms with van der Waals surface area (Å²) in [6.45, 7) is 2.76. The van der Waals surface area contributed by atoms with E-state index in [1.165, 1.54) is 6.26 Å². The van der Waals surface area contributed by atoms with Gasteiger partial charge in [0.05, 0.1) is 6.26 Å². The summed E-state index contributed by atoms with van der Waals surface area (Å²) in [5.41, 5.74) is 0.730. The van der Waals surface area contributed by atoms with Crippen molar-refractivity contribution in [1.29, 1.82) is 0 Å². The lowest BCUT2D eigenvalue weighted by Crippen LogP contribution is -2.34. The van der Waals surface area contributed by atoms with Gasteiger partial charge < -0.3 is 19.4 Å². The van der Waals surface area contributed by atoms with Gasteiger partial charge in [-0.3, -0.25) is 9.59 Å². The largest absolute Gasteiger partial charge is 0.459 e. The van der Waals surface area contributed by atoms with Gasteiger partial charge in [0.15, 0.2) is 5.76 Å². The van der Waals surface area contributed by atoms with Crippen LogP contribution >= 0.6 is 0 Å². The standard InChI is InChI=1S/C23H24N2O4/c1-2-22(26)24-15-7-16-25(23(27)21-10-6-17-28-21)18-11-13-20(14-12-18)29-19-8-4-3-5-9-19/h3-6,8-14,17H,2,7,15-16H2,1H3,(H,24,26). The minimum atomic E-state index is -0.228. The Balaban J connectivity index is 1.70. The molecule has 0 fully saturated rings. The van der Waals surface area contributed by atoms with E-state index in [0.717, 1.165) is 11.4 Å². The summed E-state index contributed by atoms with van der Waals surface area (Å²) in [4.78, 5) is 25.9. The van der Waals surface area contributed by atoms with Crippen LogP contribution in [-0.4, -0.2) is 24.9 Å². The zero-order chi connectivity index (χ0) is 20.5. The minimum Gasteiger partial charge on any atom is -0.459 e. The normalized spacial score (nSPS) is 10.4. The van der Waals surface area contributed by atoms with Crippen molar-refractivity contribution >= 4 is 17.5 Å². The highest BCUT2D eigenvalue weighted by Gasteiger charge is 2.20. The Labute approximate surface area is 170 Å². The zero-order valence-corrected chi connectivity index (χ0v) is 16.3. The van der Waals surface area contributed by atoms with Gasteiger partial charge in [0, 0.05) is 25.2 Å². The Hall–Kier alpha value is -3.54. The first-order valence-electron chi connectivity index (χ1n) is 9.62. The minimum absolute atomic E-state index is 0.00340. The van der Waals surface area contributed by atoms with E-state index >= 15 is 0 Å². The Morgan fingerprint density at radius 3 is 2.34 bits per heavy atom. The zero-order valence-electron chi connectivity index (χ0n) is 16.3. The van der Waals surface area contributed by atoms with Gasteiger partial charge in [0.1, 0.15) is 11.5 Å². The van der Waals surface area contributed by atoms with Crippen LogP contribution in [0.4, 0.5) is 5.69 Å². The number of hydrogen-bond acceptors (Lipinski definition) is 4. The number of hydrogen-bond donors (Lipinski definition) is 1. The van der Waals surface area contributed by atoms with Crippen LogP contribution in [0.25, 0.3) is 0 Å². The third-order valence-corrected chi connectivity index (χ3v) is 4.31. The first-order chi connectivity index (χ1) is 14.2. The van der Waals surface area contributed by atoms with Crippen LogP contribution in [0.1, 0.15) is 30.3 Å². The Morgan fingerprint density at radius 2 is 1.69 bits per heavy atom. The maximum Gasteiger partial charge on any atom is 0.293 e. The number of benzene rings is 2. The van der Waals surface area contributed by atoms with Gasteiger partial charge in [0.25, 0.3) is 5.91 Å². The van der Waals surface area contributed by atoms with Crippen LogP contribution in [-0.2, 0) is 4.79 Å².